The van der Waals surface area contributed by atoms with Gasteiger partial charge in [-0.05, 0) is 60.9 Å². The summed E-state index contributed by atoms with van der Waals surface area (Å²) in [6.45, 7) is 5.19. The van der Waals surface area contributed by atoms with Crippen LogP contribution in [0.2, 0.25) is 0 Å². The topological polar surface area (TPSA) is 27.6 Å². The van der Waals surface area contributed by atoms with Crippen LogP contribution in [0.1, 0.15) is 31.2 Å². The van der Waals surface area contributed by atoms with Gasteiger partial charge >= 0.3 is 0 Å². The first-order valence-corrected chi connectivity index (χ1v) is 11.6. The van der Waals surface area contributed by atoms with Gasteiger partial charge in [-0.3, -0.25) is 4.99 Å². The van der Waals surface area contributed by atoms with Crippen molar-refractivity contribution in [2.45, 2.75) is 38.1 Å². The smallest absolute Gasteiger partial charge is 0.0983 e. The first-order valence-electron chi connectivity index (χ1n) is 11.6. The van der Waals surface area contributed by atoms with E-state index in [-0.39, 0.29) is 0 Å². The average molecular weight is 424 g/mol. The molecule has 0 amide bonds. The number of rotatable bonds is 8. The number of aliphatic imine (C=N–C) groups is 1. The first-order chi connectivity index (χ1) is 15.7. The molecule has 1 N–H and O–H groups in total. The predicted molar refractivity (Wildman–Crippen MR) is 137 cm³/mol. The molecule has 3 aromatic rings. The molecule has 164 valence electrons. The summed E-state index contributed by atoms with van der Waals surface area (Å²) in [7, 11) is 2.15. The minimum Gasteiger partial charge on any atom is -0.359 e. The Morgan fingerprint density at radius 2 is 1.47 bits per heavy atom. The van der Waals surface area contributed by atoms with Gasteiger partial charge < -0.3 is 10.2 Å². The normalized spacial score (nSPS) is 15.8. The minimum atomic E-state index is 0.506. The maximum absolute atomic E-state index is 4.88. The molecule has 32 heavy (non-hydrogen) atoms. The van der Waals surface area contributed by atoms with Gasteiger partial charge in [0, 0.05) is 31.0 Å². The van der Waals surface area contributed by atoms with E-state index in [1.165, 1.54) is 22.4 Å². The Labute approximate surface area is 192 Å². The summed E-state index contributed by atoms with van der Waals surface area (Å²) < 4.78 is 0. The zero-order valence-corrected chi connectivity index (χ0v) is 19.0. The second-order valence-corrected chi connectivity index (χ2v) is 8.54. The quantitative estimate of drug-likeness (QED) is 0.432. The van der Waals surface area contributed by atoms with Crippen molar-refractivity contribution in [2.75, 3.05) is 18.9 Å². The lowest BCUT2D eigenvalue weighted by atomic mass is 9.92. The summed E-state index contributed by atoms with van der Waals surface area (Å²) in [5, 5.41) is 3.48. The number of nitrogens with one attached hydrogen (secondary N) is 1. The van der Waals surface area contributed by atoms with Crippen LogP contribution in [-0.2, 0) is 6.42 Å². The molecule has 0 radical (unpaired) electrons. The van der Waals surface area contributed by atoms with Crippen molar-refractivity contribution in [2.24, 2.45) is 4.99 Å². The largest absolute Gasteiger partial charge is 0.359 e. The summed E-state index contributed by atoms with van der Waals surface area (Å²) in [5.41, 5.74) is 6.27. The SMILES string of the molecule is C=C(Nc1ccc(-c2ccccc2)cc1)N(C)C1CCC(=NCCc2ccccc2)CC1. The number of hydrogen-bond acceptors (Lipinski definition) is 3. The van der Waals surface area contributed by atoms with E-state index in [2.05, 4.69) is 103 Å². The Balaban J connectivity index is 1.24. The van der Waals surface area contributed by atoms with Crippen LogP contribution in [-0.4, -0.2) is 30.2 Å². The van der Waals surface area contributed by atoms with Gasteiger partial charge in [-0.25, -0.2) is 0 Å². The molecule has 3 nitrogen and oxygen atoms in total. The molecule has 4 rings (SSSR count). The van der Waals surface area contributed by atoms with Crippen molar-refractivity contribution in [3.05, 3.63) is 103 Å². The van der Waals surface area contributed by atoms with E-state index in [0.29, 0.717) is 6.04 Å². The Kier molecular flexibility index (Phi) is 7.39. The highest BCUT2D eigenvalue weighted by Gasteiger charge is 2.22. The fourth-order valence-corrected chi connectivity index (χ4v) is 4.32. The maximum atomic E-state index is 4.88. The number of nitrogens with zero attached hydrogens (tertiary/aromatic N) is 2. The molecular weight excluding hydrogens is 390 g/mol. The molecule has 0 unspecified atom stereocenters. The lowest BCUT2D eigenvalue weighted by molar-refractivity contribution is 0.272. The van der Waals surface area contributed by atoms with Crippen molar-refractivity contribution >= 4 is 11.4 Å². The maximum Gasteiger partial charge on any atom is 0.0983 e. The van der Waals surface area contributed by atoms with Gasteiger partial charge in [-0.15, -0.1) is 0 Å². The van der Waals surface area contributed by atoms with Crippen LogP contribution in [0.3, 0.4) is 0 Å². The number of anilines is 1. The predicted octanol–water partition coefficient (Wildman–Crippen LogP) is 6.79. The van der Waals surface area contributed by atoms with Crippen molar-refractivity contribution in [1.29, 1.82) is 0 Å². The van der Waals surface area contributed by atoms with Crippen LogP contribution < -0.4 is 5.32 Å². The lowest BCUT2D eigenvalue weighted by Crippen LogP contribution is -2.36. The summed E-state index contributed by atoms with van der Waals surface area (Å²) in [5.74, 6) is 0.951. The molecule has 3 heteroatoms. The molecule has 1 fully saturated rings. The molecule has 1 aliphatic carbocycles. The van der Waals surface area contributed by atoms with Crippen molar-refractivity contribution in [3.8, 4) is 11.1 Å². The van der Waals surface area contributed by atoms with Crippen LogP contribution in [0, 0.1) is 0 Å². The minimum absolute atomic E-state index is 0.506. The third-order valence-electron chi connectivity index (χ3n) is 6.37. The van der Waals surface area contributed by atoms with Crippen LogP contribution in [0.15, 0.2) is 102 Å². The number of hydrogen-bond donors (Lipinski definition) is 1. The molecular formula is C29H33N3. The van der Waals surface area contributed by atoms with E-state index in [0.717, 1.165) is 50.2 Å². The molecule has 0 spiro atoms. The molecule has 0 aromatic heterocycles. The zero-order valence-electron chi connectivity index (χ0n) is 19.0. The zero-order chi connectivity index (χ0) is 22.2. The summed E-state index contributed by atoms with van der Waals surface area (Å²) in [6.07, 6.45) is 5.46. The molecule has 3 aromatic carbocycles. The van der Waals surface area contributed by atoms with Gasteiger partial charge in [0.05, 0.1) is 5.82 Å². The molecule has 0 aliphatic heterocycles. The van der Waals surface area contributed by atoms with E-state index in [9.17, 15) is 0 Å². The monoisotopic (exact) mass is 423 g/mol. The third-order valence-corrected chi connectivity index (χ3v) is 6.37. The summed E-state index contributed by atoms with van der Waals surface area (Å²) >= 11 is 0. The Bertz CT molecular complexity index is 1010. The Morgan fingerprint density at radius 3 is 2.12 bits per heavy atom. The van der Waals surface area contributed by atoms with Gasteiger partial charge in [-0.1, -0.05) is 79.4 Å². The highest BCUT2D eigenvalue weighted by atomic mass is 15.2. The Morgan fingerprint density at radius 1 is 0.875 bits per heavy atom. The fourth-order valence-electron chi connectivity index (χ4n) is 4.32. The van der Waals surface area contributed by atoms with Gasteiger partial charge in [0.1, 0.15) is 0 Å². The second kappa shape index (κ2) is 10.8. The average Bonchev–Trinajstić information content (AvgIpc) is 2.86. The third kappa shape index (κ3) is 5.88. The standard InChI is InChI=1S/C29H33N3/c1-23(31-28-15-13-26(14-16-28)25-11-7-4-8-12-25)32(2)29-19-17-27(18-20-29)30-22-21-24-9-5-3-6-10-24/h3-16,29,31H,1,17-22H2,2H3. The second-order valence-electron chi connectivity index (χ2n) is 8.54. The lowest BCUT2D eigenvalue weighted by Gasteiger charge is -2.34. The fraction of sp³-hybridized carbons (Fsp3) is 0.276. The van der Waals surface area contributed by atoms with Crippen molar-refractivity contribution < 1.29 is 0 Å². The highest BCUT2D eigenvalue weighted by molar-refractivity contribution is 5.85. The van der Waals surface area contributed by atoms with Crippen LogP contribution in [0.25, 0.3) is 11.1 Å². The van der Waals surface area contributed by atoms with Crippen LogP contribution in [0.4, 0.5) is 5.69 Å². The van der Waals surface area contributed by atoms with Crippen molar-refractivity contribution in [3.63, 3.8) is 0 Å². The summed E-state index contributed by atoms with van der Waals surface area (Å²) in [4.78, 5) is 7.18. The van der Waals surface area contributed by atoms with Gasteiger partial charge in [0.25, 0.3) is 0 Å². The van der Waals surface area contributed by atoms with E-state index in [1.807, 2.05) is 6.07 Å². The van der Waals surface area contributed by atoms with E-state index < -0.39 is 0 Å². The summed E-state index contributed by atoms with van der Waals surface area (Å²) in [6, 6.07) is 30.2. The van der Waals surface area contributed by atoms with E-state index >= 15 is 0 Å². The van der Waals surface area contributed by atoms with Crippen molar-refractivity contribution in [1.82, 2.24) is 4.90 Å². The van der Waals surface area contributed by atoms with Gasteiger partial charge in [0.2, 0.25) is 0 Å². The van der Waals surface area contributed by atoms with E-state index in [1.54, 1.807) is 0 Å². The molecule has 0 bridgehead atoms. The van der Waals surface area contributed by atoms with Crippen LogP contribution in [0.5, 0.6) is 0 Å². The molecule has 1 aliphatic rings. The molecule has 0 saturated heterocycles. The van der Waals surface area contributed by atoms with Crippen LogP contribution >= 0.6 is 0 Å². The number of benzene rings is 3. The van der Waals surface area contributed by atoms with Gasteiger partial charge in [0.15, 0.2) is 0 Å². The first kappa shape index (κ1) is 21.9. The molecule has 1 saturated carbocycles. The highest BCUT2D eigenvalue weighted by Crippen LogP contribution is 2.25. The Hall–Kier alpha value is -3.33. The molecule has 0 heterocycles. The van der Waals surface area contributed by atoms with Gasteiger partial charge in [-0.2, -0.15) is 0 Å². The van der Waals surface area contributed by atoms with E-state index in [4.69, 9.17) is 4.99 Å². The molecule has 0 atom stereocenters.